The van der Waals surface area contributed by atoms with Crippen molar-refractivity contribution in [2.24, 2.45) is 5.92 Å². The number of rotatable bonds is 10. The summed E-state index contributed by atoms with van der Waals surface area (Å²) in [6.07, 6.45) is 6.36. The molecule has 0 spiro atoms. The first kappa shape index (κ1) is 17.2. The van der Waals surface area contributed by atoms with Crippen molar-refractivity contribution in [3.8, 4) is 0 Å². The van der Waals surface area contributed by atoms with E-state index in [2.05, 4.69) is 63.3 Å². The molecule has 0 aliphatic carbocycles. The Hall–Kier alpha value is -0.820. The Balaban J connectivity index is 2.77. The molecule has 0 heterocycles. The fraction of sp³-hybridized carbons (Fsp3) is 0.684. The molecule has 1 heteroatoms. The zero-order chi connectivity index (χ0) is 14.8. The highest BCUT2D eigenvalue weighted by Gasteiger charge is 2.22. The molecule has 0 aromatic heterocycles. The minimum atomic E-state index is 0.615. The van der Waals surface area contributed by atoms with E-state index in [0.29, 0.717) is 12.0 Å². The van der Waals surface area contributed by atoms with Crippen molar-refractivity contribution in [2.75, 3.05) is 6.54 Å². The third-order valence-electron chi connectivity index (χ3n) is 4.25. The van der Waals surface area contributed by atoms with Crippen LogP contribution in [0.1, 0.15) is 71.3 Å². The van der Waals surface area contributed by atoms with Gasteiger partial charge in [-0.05, 0) is 43.2 Å². The average molecular weight is 275 g/mol. The predicted octanol–water partition coefficient (Wildman–Crippen LogP) is 5.37. The molecule has 1 rings (SSSR count). The molecular weight excluding hydrogens is 242 g/mol. The monoisotopic (exact) mass is 275 g/mol. The smallest absolute Gasteiger partial charge is 0.0138 e. The molecule has 114 valence electrons. The van der Waals surface area contributed by atoms with Gasteiger partial charge in [-0.1, -0.05) is 70.9 Å². The van der Waals surface area contributed by atoms with Crippen molar-refractivity contribution in [2.45, 2.75) is 71.8 Å². The Labute approximate surface area is 126 Å². The van der Waals surface area contributed by atoms with Crippen LogP contribution in [0.5, 0.6) is 0 Å². The normalized spacial score (nSPS) is 15.8. The van der Waals surface area contributed by atoms with Crippen molar-refractivity contribution in [3.63, 3.8) is 0 Å². The van der Waals surface area contributed by atoms with Crippen LogP contribution < -0.4 is 5.32 Å². The summed E-state index contributed by atoms with van der Waals surface area (Å²) in [5, 5.41) is 3.81. The van der Waals surface area contributed by atoms with Crippen LogP contribution in [-0.4, -0.2) is 12.6 Å². The summed E-state index contributed by atoms with van der Waals surface area (Å²) >= 11 is 0. The highest BCUT2D eigenvalue weighted by atomic mass is 14.9. The van der Waals surface area contributed by atoms with Gasteiger partial charge in [0.15, 0.2) is 0 Å². The summed E-state index contributed by atoms with van der Waals surface area (Å²) in [6, 6.07) is 11.7. The second-order valence-electron chi connectivity index (χ2n) is 6.12. The van der Waals surface area contributed by atoms with Crippen LogP contribution >= 0.6 is 0 Å². The van der Waals surface area contributed by atoms with Gasteiger partial charge in [-0.3, -0.25) is 0 Å². The van der Waals surface area contributed by atoms with Crippen LogP contribution in [0.15, 0.2) is 30.3 Å². The molecule has 3 unspecified atom stereocenters. The van der Waals surface area contributed by atoms with E-state index in [-0.39, 0.29) is 0 Å². The van der Waals surface area contributed by atoms with Crippen molar-refractivity contribution < 1.29 is 0 Å². The van der Waals surface area contributed by atoms with Crippen LogP contribution in [0.3, 0.4) is 0 Å². The largest absolute Gasteiger partial charge is 0.313 e. The molecule has 1 aromatic rings. The van der Waals surface area contributed by atoms with Gasteiger partial charge in [-0.25, -0.2) is 0 Å². The maximum absolute atomic E-state index is 3.81. The Kier molecular flexibility index (Phi) is 8.60. The predicted molar refractivity (Wildman–Crippen MR) is 90.2 cm³/mol. The highest BCUT2D eigenvalue weighted by molar-refractivity contribution is 5.21. The molecule has 1 nitrogen and oxygen atoms in total. The molecule has 0 aliphatic rings. The molecule has 0 amide bonds. The van der Waals surface area contributed by atoms with Gasteiger partial charge < -0.3 is 5.32 Å². The summed E-state index contributed by atoms with van der Waals surface area (Å²) in [4.78, 5) is 0. The van der Waals surface area contributed by atoms with Crippen LogP contribution in [-0.2, 0) is 0 Å². The Morgan fingerprint density at radius 2 is 1.70 bits per heavy atom. The van der Waals surface area contributed by atoms with Gasteiger partial charge in [0.2, 0.25) is 0 Å². The molecule has 0 aliphatic heterocycles. The zero-order valence-corrected chi connectivity index (χ0v) is 13.9. The summed E-state index contributed by atoms with van der Waals surface area (Å²) in [7, 11) is 0. The van der Waals surface area contributed by atoms with Crippen LogP contribution in [0, 0.1) is 5.92 Å². The lowest BCUT2D eigenvalue weighted by molar-refractivity contribution is 0.335. The van der Waals surface area contributed by atoms with E-state index in [9.17, 15) is 0 Å². The second-order valence-corrected chi connectivity index (χ2v) is 6.12. The van der Waals surface area contributed by atoms with E-state index >= 15 is 0 Å². The molecular formula is C19H33N. The van der Waals surface area contributed by atoms with E-state index < -0.39 is 0 Å². The quantitative estimate of drug-likeness (QED) is 0.605. The summed E-state index contributed by atoms with van der Waals surface area (Å²) in [5.41, 5.74) is 1.49. The van der Waals surface area contributed by atoms with Gasteiger partial charge in [0.05, 0.1) is 0 Å². The average Bonchev–Trinajstić information content (AvgIpc) is 2.46. The van der Waals surface area contributed by atoms with Crippen molar-refractivity contribution in [3.05, 3.63) is 35.9 Å². The van der Waals surface area contributed by atoms with Crippen LogP contribution in [0.2, 0.25) is 0 Å². The molecule has 0 bridgehead atoms. The third kappa shape index (κ3) is 5.66. The lowest BCUT2D eigenvalue weighted by Gasteiger charge is -2.30. The molecule has 0 saturated heterocycles. The van der Waals surface area contributed by atoms with Crippen molar-refractivity contribution >= 4 is 0 Å². The molecule has 20 heavy (non-hydrogen) atoms. The molecule has 0 fully saturated rings. The SMILES string of the molecule is CCCNC(CC(C)CCC)C(CC)c1ccccc1. The van der Waals surface area contributed by atoms with Crippen LogP contribution in [0.4, 0.5) is 0 Å². The lowest BCUT2D eigenvalue weighted by Crippen LogP contribution is -2.36. The molecule has 1 N–H and O–H groups in total. The number of hydrogen-bond acceptors (Lipinski definition) is 1. The Morgan fingerprint density at radius 1 is 1.00 bits per heavy atom. The zero-order valence-electron chi connectivity index (χ0n) is 13.9. The lowest BCUT2D eigenvalue weighted by atomic mass is 9.83. The van der Waals surface area contributed by atoms with Gasteiger partial charge in [0.25, 0.3) is 0 Å². The van der Waals surface area contributed by atoms with E-state index in [0.717, 1.165) is 12.5 Å². The first-order valence-corrected chi connectivity index (χ1v) is 8.51. The summed E-state index contributed by atoms with van der Waals surface area (Å²) in [6.45, 7) is 10.4. The minimum Gasteiger partial charge on any atom is -0.313 e. The first-order chi connectivity index (χ1) is 9.72. The van der Waals surface area contributed by atoms with E-state index in [1.54, 1.807) is 0 Å². The van der Waals surface area contributed by atoms with Crippen molar-refractivity contribution in [1.29, 1.82) is 0 Å². The van der Waals surface area contributed by atoms with Gasteiger partial charge in [-0.2, -0.15) is 0 Å². The van der Waals surface area contributed by atoms with E-state index in [1.807, 2.05) is 0 Å². The summed E-state index contributed by atoms with van der Waals surface area (Å²) in [5.74, 6) is 1.45. The van der Waals surface area contributed by atoms with E-state index in [1.165, 1.54) is 37.7 Å². The number of benzene rings is 1. The number of nitrogens with one attached hydrogen (secondary N) is 1. The molecule has 3 atom stereocenters. The third-order valence-corrected chi connectivity index (χ3v) is 4.25. The molecule has 1 aromatic carbocycles. The van der Waals surface area contributed by atoms with Gasteiger partial charge >= 0.3 is 0 Å². The summed E-state index contributed by atoms with van der Waals surface area (Å²) < 4.78 is 0. The van der Waals surface area contributed by atoms with Gasteiger partial charge in [-0.15, -0.1) is 0 Å². The minimum absolute atomic E-state index is 0.615. The maximum atomic E-state index is 3.81. The Bertz CT molecular complexity index is 333. The maximum Gasteiger partial charge on any atom is 0.0138 e. The second kappa shape index (κ2) is 9.99. The van der Waals surface area contributed by atoms with Crippen molar-refractivity contribution in [1.82, 2.24) is 5.32 Å². The van der Waals surface area contributed by atoms with Crippen LogP contribution in [0.25, 0.3) is 0 Å². The van der Waals surface area contributed by atoms with Gasteiger partial charge in [0.1, 0.15) is 0 Å². The van der Waals surface area contributed by atoms with E-state index in [4.69, 9.17) is 0 Å². The Morgan fingerprint density at radius 3 is 2.25 bits per heavy atom. The molecule has 0 radical (unpaired) electrons. The molecule has 0 saturated carbocycles. The highest BCUT2D eigenvalue weighted by Crippen LogP contribution is 2.28. The first-order valence-electron chi connectivity index (χ1n) is 8.51. The van der Waals surface area contributed by atoms with Gasteiger partial charge in [0, 0.05) is 6.04 Å². The fourth-order valence-electron chi connectivity index (χ4n) is 3.22. The fourth-order valence-corrected chi connectivity index (χ4v) is 3.22. The standard InChI is InChI=1S/C19H33N/c1-5-11-16(4)15-19(20-14-6-2)18(7-3)17-12-9-8-10-13-17/h8-10,12-13,16,18-20H,5-7,11,14-15H2,1-4H3. The number of hydrogen-bond donors (Lipinski definition) is 1. The topological polar surface area (TPSA) is 12.0 Å².